The van der Waals surface area contributed by atoms with Gasteiger partial charge in [0.2, 0.25) is 0 Å². The van der Waals surface area contributed by atoms with E-state index in [1.54, 1.807) is 20.2 Å². The summed E-state index contributed by atoms with van der Waals surface area (Å²) in [7, 11) is 1.60. The van der Waals surface area contributed by atoms with E-state index in [-0.39, 0.29) is 11.5 Å². The van der Waals surface area contributed by atoms with Crippen molar-refractivity contribution in [3.8, 4) is 11.5 Å². The molecule has 0 aliphatic heterocycles. The minimum Gasteiger partial charge on any atom is -0.371 e. The average molecular weight is 219 g/mol. The van der Waals surface area contributed by atoms with Crippen LogP contribution in [0.2, 0.25) is 0 Å². The third-order valence-electron chi connectivity index (χ3n) is 2.05. The normalized spacial score (nSPS) is 10.2. The lowest BCUT2D eigenvalue weighted by Gasteiger charge is -2.06. The molecule has 2 aromatic rings. The summed E-state index contributed by atoms with van der Waals surface area (Å²) in [5.74, 6) is 0.0691. The molecule has 0 saturated carbocycles. The van der Waals surface area contributed by atoms with Gasteiger partial charge in [-0.1, -0.05) is 0 Å². The number of hydrogen-bond donors (Lipinski definition) is 1. The molecule has 5 nitrogen and oxygen atoms in total. The van der Waals surface area contributed by atoms with Gasteiger partial charge in [0, 0.05) is 19.4 Å². The molecule has 0 radical (unpaired) electrons. The summed E-state index contributed by atoms with van der Waals surface area (Å²) in [5.41, 5.74) is 0.794. The lowest BCUT2D eigenvalue weighted by atomic mass is 10.3. The van der Waals surface area contributed by atoms with Gasteiger partial charge >= 0.3 is 0 Å². The van der Waals surface area contributed by atoms with Crippen molar-refractivity contribution in [1.29, 1.82) is 0 Å². The van der Waals surface area contributed by atoms with Crippen LogP contribution in [0.25, 0.3) is 11.5 Å². The fourth-order valence-corrected chi connectivity index (χ4v) is 1.25. The van der Waals surface area contributed by atoms with E-state index in [1.165, 1.54) is 12.4 Å². The van der Waals surface area contributed by atoms with Crippen molar-refractivity contribution in [2.75, 3.05) is 12.4 Å². The standard InChI is InChI=1S/C10H10FN5/c1-6-8(11)10(12-2)16-9(15-6)7-5-13-3-4-14-7/h3-5H,1-2H3,(H,12,15,16). The lowest BCUT2D eigenvalue weighted by molar-refractivity contribution is 0.607. The number of halogens is 1. The van der Waals surface area contributed by atoms with Crippen LogP contribution in [-0.2, 0) is 0 Å². The molecular weight excluding hydrogens is 209 g/mol. The number of rotatable bonds is 2. The lowest BCUT2D eigenvalue weighted by Crippen LogP contribution is -2.04. The molecule has 0 aromatic carbocycles. The quantitative estimate of drug-likeness (QED) is 0.827. The van der Waals surface area contributed by atoms with E-state index in [0.717, 1.165) is 0 Å². The van der Waals surface area contributed by atoms with E-state index in [9.17, 15) is 4.39 Å². The smallest absolute Gasteiger partial charge is 0.186 e. The van der Waals surface area contributed by atoms with Crippen LogP contribution < -0.4 is 5.32 Å². The van der Waals surface area contributed by atoms with Gasteiger partial charge in [0.25, 0.3) is 0 Å². The zero-order chi connectivity index (χ0) is 11.5. The molecule has 16 heavy (non-hydrogen) atoms. The summed E-state index contributed by atoms with van der Waals surface area (Å²) < 4.78 is 13.5. The summed E-state index contributed by atoms with van der Waals surface area (Å²) in [6.07, 6.45) is 4.63. The maximum atomic E-state index is 13.5. The second-order valence-corrected chi connectivity index (χ2v) is 3.14. The highest BCUT2D eigenvalue weighted by atomic mass is 19.1. The van der Waals surface area contributed by atoms with Crippen molar-refractivity contribution < 1.29 is 4.39 Å². The largest absolute Gasteiger partial charge is 0.371 e. The topological polar surface area (TPSA) is 63.6 Å². The Morgan fingerprint density at radius 2 is 2.06 bits per heavy atom. The zero-order valence-corrected chi connectivity index (χ0v) is 8.90. The number of nitrogens with one attached hydrogen (secondary N) is 1. The van der Waals surface area contributed by atoms with E-state index >= 15 is 0 Å². The molecule has 2 aromatic heterocycles. The maximum Gasteiger partial charge on any atom is 0.186 e. The maximum absolute atomic E-state index is 13.5. The molecule has 0 aliphatic carbocycles. The van der Waals surface area contributed by atoms with E-state index in [4.69, 9.17) is 0 Å². The fraction of sp³-hybridized carbons (Fsp3) is 0.200. The molecule has 0 aliphatic rings. The van der Waals surface area contributed by atoms with E-state index in [1.807, 2.05) is 0 Å². The Balaban J connectivity index is 2.55. The third-order valence-corrected chi connectivity index (χ3v) is 2.05. The summed E-state index contributed by atoms with van der Waals surface area (Å²) in [4.78, 5) is 16.0. The molecule has 6 heteroatoms. The number of nitrogens with zero attached hydrogens (tertiary/aromatic N) is 4. The van der Waals surface area contributed by atoms with Crippen molar-refractivity contribution in [3.63, 3.8) is 0 Å². The molecule has 1 N–H and O–H groups in total. The van der Waals surface area contributed by atoms with Gasteiger partial charge in [-0.25, -0.2) is 19.3 Å². The minimum atomic E-state index is -0.449. The zero-order valence-electron chi connectivity index (χ0n) is 8.90. The Labute approximate surface area is 91.8 Å². The Bertz CT molecular complexity index is 500. The van der Waals surface area contributed by atoms with Crippen LogP contribution in [0, 0.1) is 12.7 Å². The third kappa shape index (κ3) is 1.81. The Kier molecular flexibility index (Phi) is 2.72. The van der Waals surface area contributed by atoms with Crippen LogP contribution in [0.1, 0.15) is 5.69 Å². The second kappa shape index (κ2) is 4.18. The molecule has 0 saturated heterocycles. The molecule has 0 spiro atoms. The van der Waals surface area contributed by atoms with Gasteiger partial charge in [-0.3, -0.25) is 4.98 Å². The summed E-state index contributed by atoms with van der Waals surface area (Å²) in [6.45, 7) is 1.58. The van der Waals surface area contributed by atoms with Crippen LogP contribution >= 0.6 is 0 Å². The summed E-state index contributed by atoms with van der Waals surface area (Å²) in [5, 5.41) is 2.67. The molecular formula is C10H10FN5. The van der Waals surface area contributed by atoms with Crippen LogP contribution in [0.4, 0.5) is 10.2 Å². The van der Waals surface area contributed by atoms with Gasteiger partial charge in [-0.05, 0) is 6.92 Å². The van der Waals surface area contributed by atoms with Gasteiger partial charge in [0.1, 0.15) is 5.69 Å². The molecule has 82 valence electrons. The Morgan fingerprint density at radius 3 is 2.69 bits per heavy atom. The van der Waals surface area contributed by atoms with Crippen LogP contribution in [-0.4, -0.2) is 27.0 Å². The number of hydrogen-bond acceptors (Lipinski definition) is 5. The van der Waals surface area contributed by atoms with Crippen molar-refractivity contribution in [2.45, 2.75) is 6.92 Å². The van der Waals surface area contributed by atoms with E-state index in [2.05, 4.69) is 25.3 Å². The number of anilines is 1. The number of aromatic nitrogens is 4. The highest BCUT2D eigenvalue weighted by Gasteiger charge is 2.11. The molecule has 2 heterocycles. The molecule has 0 unspecified atom stereocenters. The second-order valence-electron chi connectivity index (χ2n) is 3.14. The Hall–Kier alpha value is -2.11. The SMILES string of the molecule is CNc1nc(-c2cnccn2)nc(C)c1F. The van der Waals surface area contributed by atoms with Crippen molar-refractivity contribution in [3.05, 3.63) is 30.1 Å². The van der Waals surface area contributed by atoms with Gasteiger partial charge < -0.3 is 5.32 Å². The van der Waals surface area contributed by atoms with Crippen LogP contribution in [0.15, 0.2) is 18.6 Å². The predicted molar refractivity (Wildman–Crippen MR) is 57.3 cm³/mol. The monoisotopic (exact) mass is 219 g/mol. The average Bonchev–Trinajstić information content (AvgIpc) is 2.33. The summed E-state index contributed by atoms with van der Waals surface area (Å²) >= 11 is 0. The highest BCUT2D eigenvalue weighted by Crippen LogP contribution is 2.18. The predicted octanol–water partition coefficient (Wildman–Crippen LogP) is 1.42. The molecule has 0 bridgehead atoms. The first-order chi connectivity index (χ1) is 7.72. The molecule has 0 fully saturated rings. The Morgan fingerprint density at radius 1 is 1.25 bits per heavy atom. The first-order valence-electron chi connectivity index (χ1n) is 4.70. The molecule has 0 amide bonds. The molecule has 0 atom stereocenters. The summed E-state index contributed by atoms with van der Waals surface area (Å²) in [6, 6.07) is 0. The van der Waals surface area contributed by atoms with E-state index in [0.29, 0.717) is 11.5 Å². The number of aryl methyl sites for hydroxylation is 1. The first kappa shape index (κ1) is 10.4. The van der Waals surface area contributed by atoms with Gasteiger partial charge in [0.15, 0.2) is 17.5 Å². The van der Waals surface area contributed by atoms with Crippen LogP contribution in [0.5, 0.6) is 0 Å². The minimum absolute atomic E-state index is 0.160. The highest BCUT2D eigenvalue weighted by molar-refractivity contribution is 5.52. The van der Waals surface area contributed by atoms with Crippen molar-refractivity contribution in [1.82, 2.24) is 19.9 Å². The van der Waals surface area contributed by atoms with Gasteiger partial charge in [-0.15, -0.1) is 0 Å². The van der Waals surface area contributed by atoms with E-state index < -0.39 is 5.82 Å². The van der Waals surface area contributed by atoms with Crippen molar-refractivity contribution >= 4 is 5.82 Å². The van der Waals surface area contributed by atoms with Crippen molar-refractivity contribution in [2.24, 2.45) is 0 Å². The van der Waals surface area contributed by atoms with Gasteiger partial charge in [-0.2, -0.15) is 0 Å². The first-order valence-corrected chi connectivity index (χ1v) is 4.70. The van der Waals surface area contributed by atoms with Gasteiger partial charge in [0.05, 0.1) is 11.9 Å². The van der Waals surface area contributed by atoms with Crippen LogP contribution in [0.3, 0.4) is 0 Å². The fourth-order valence-electron chi connectivity index (χ4n) is 1.25. The molecule has 2 rings (SSSR count).